The molecule has 0 aromatic carbocycles. The van der Waals surface area contributed by atoms with Crippen molar-refractivity contribution in [1.82, 2.24) is 10.2 Å². The summed E-state index contributed by atoms with van der Waals surface area (Å²) in [7, 11) is 2.15. The molecular formula is C12H25N3O. The van der Waals surface area contributed by atoms with E-state index in [9.17, 15) is 0 Å². The molecule has 1 aliphatic rings. The van der Waals surface area contributed by atoms with Gasteiger partial charge in [0.2, 0.25) is 0 Å². The van der Waals surface area contributed by atoms with E-state index in [0.717, 1.165) is 26.2 Å². The Morgan fingerprint density at radius 3 is 2.94 bits per heavy atom. The highest BCUT2D eigenvalue weighted by Gasteiger charge is 2.11. The molecule has 0 aromatic rings. The van der Waals surface area contributed by atoms with Crippen LogP contribution in [0.2, 0.25) is 0 Å². The van der Waals surface area contributed by atoms with E-state index < -0.39 is 0 Å². The highest BCUT2D eigenvalue weighted by atomic mass is 16.5. The van der Waals surface area contributed by atoms with Crippen LogP contribution < -0.4 is 11.1 Å². The molecule has 0 amide bonds. The fourth-order valence-electron chi connectivity index (χ4n) is 1.62. The van der Waals surface area contributed by atoms with E-state index in [1.54, 1.807) is 0 Å². The zero-order valence-electron chi connectivity index (χ0n) is 10.5. The van der Waals surface area contributed by atoms with Crippen molar-refractivity contribution in [1.29, 1.82) is 0 Å². The van der Waals surface area contributed by atoms with Crippen LogP contribution in [0.4, 0.5) is 0 Å². The molecule has 2 unspecified atom stereocenters. The van der Waals surface area contributed by atoms with Gasteiger partial charge in [0.05, 0.1) is 12.7 Å². The maximum Gasteiger partial charge on any atom is 0.0881 e. The number of hydrogen-bond acceptors (Lipinski definition) is 4. The van der Waals surface area contributed by atoms with Crippen molar-refractivity contribution < 1.29 is 4.74 Å². The second-order valence-electron chi connectivity index (χ2n) is 4.37. The summed E-state index contributed by atoms with van der Waals surface area (Å²) < 4.78 is 5.55. The highest BCUT2D eigenvalue weighted by molar-refractivity contribution is 5.00. The van der Waals surface area contributed by atoms with Gasteiger partial charge in [0.15, 0.2) is 0 Å². The molecule has 0 fully saturated rings. The van der Waals surface area contributed by atoms with Gasteiger partial charge in [0.25, 0.3) is 0 Å². The summed E-state index contributed by atoms with van der Waals surface area (Å²) in [5.74, 6) is 0. The summed E-state index contributed by atoms with van der Waals surface area (Å²) in [6, 6.07) is 0.0782. The molecular weight excluding hydrogens is 202 g/mol. The number of nitrogens with zero attached hydrogens (tertiary/aromatic N) is 1. The predicted molar refractivity (Wildman–Crippen MR) is 67.5 cm³/mol. The van der Waals surface area contributed by atoms with Crippen LogP contribution in [0.25, 0.3) is 0 Å². The van der Waals surface area contributed by atoms with E-state index in [-0.39, 0.29) is 12.1 Å². The van der Waals surface area contributed by atoms with Gasteiger partial charge in [-0.2, -0.15) is 0 Å². The molecule has 4 nitrogen and oxygen atoms in total. The van der Waals surface area contributed by atoms with E-state index in [0.29, 0.717) is 6.61 Å². The molecule has 2 atom stereocenters. The number of nitrogens with two attached hydrogens (primary N) is 1. The summed E-state index contributed by atoms with van der Waals surface area (Å²) >= 11 is 0. The second-order valence-corrected chi connectivity index (χ2v) is 4.37. The van der Waals surface area contributed by atoms with Gasteiger partial charge in [-0.05, 0) is 33.1 Å². The van der Waals surface area contributed by atoms with Crippen LogP contribution in [0.1, 0.15) is 13.3 Å². The number of nitrogens with one attached hydrogen (secondary N) is 1. The van der Waals surface area contributed by atoms with Crippen LogP contribution in [-0.4, -0.2) is 56.9 Å². The largest absolute Gasteiger partial charge is 0.371 e. The smallest absolute Gasteiger partial charge is 0.0881 e. The van der Waals surface area contributed by atoms with Crippen molar-refractivity contribution in [3.8, 4) is 0 Å². The average molecular weight is 227 g/mol. The lowest BCUT2D eigenvalue weighted by Crippen LogP contribution is -2.37. The Morgan fingerprint density at radius 1 is 1.50 bits per heavy atom. The van der Waals surface area contributed by atoms with Gasteiger partial charge < -0.3 is 20.7 Å². The van der Waals surface area contributed by atoms with E-state index in [1.807, 2.05) is 6.08 Å². The first-order chi connectivity index (χ1) is 7.72. The predicted octanol–water partition coefficient (Wildman–Crippen LogP) is 0.200. The maximum absolute atomic E-state index is 5.68. The SMILES string of the molecule is CCN(C)CCCNCC1C=CC(N)CO1. The lowest BCUT2D eigenvalue weighted by atomic mass is 10.2. The summed E-state index contributed by atoms with van der Waals surface area (Å²) in [4.78, 5) is 2.32. The highest BCUT2D eigenvalue weighted by Crippen LogP contribution is 2.02. The summed E-state index contributed by atoms with van der Waals surface area (Å²) in [5.41, 5.74) is 5.68. The van der Waals surface area contributed by atoms with E-state index in [1.165, 1.54) is 6.42 Å². The van der Waals surface area contributed by atoms with Crippen LogP contribution in [0.3, 0.4) is 0 Å². The molecule has 94 valence electrons. The van der Waals surface area contributed by atoms with Crippen LogP contribution in [0, 0.1) is 0 Å². The van der Waals surface area contributed by atoms with Crippen molar-refractivity contribution >= 4 is 0 Å². The van der Waals surface area contributed by atoms with E-state index in [2.05, 4.69) is 30.3 Å². The average Bonchev–Trinajstić information content (AvgIpc) is 2.31. The first-order valence-electron chi connectivity index (χ1n) is 6.17. The Kier molecular flexibility index (Phi) is 6.64. The second kappa shape index (κ2) is 7.79. The standard InChI is InChI=1S/C12H25N3O/c1-3-15(2)8-4-7-14-9-12-6-5-11(13)10-16-12/h5-6,11-12,14H,3-4,7-10,13H2,1-2H3. The van der Waals surface area contributed by atoms with E-state index >= 15 is 0 Å². The summed E-state index contributed by atoms with van der Waals surface area (Å²) in [6.07, 6.45) is 5.46. The van der Waals surface area contributed by atoms with Gasteiger partial charge in [-0.15, -0.1) is 0 Å². The molecule has 0 bridgehead atoms. The van der Waals surface area contributed by atoms with Crippen LogP contribution >= 0.6 is 0 Å². The van der Waals surface area contributed by atoms with Gasteiger partial charge in [-0.3, -0.25) is 0 Å². The van der Waals surface area contributed by atoms with E-state index in [4.69, 9.17) is 10.5 Å². The molecule has 0 saturated heterocycles. The Labute approximate surface area is 98.8 Å². The molecule has 1 rings (SSSR count). The lowest BCUT2D eigenvalue weighted by molar-refractivity contribution is 0.0714. The molecule has 1 heterocycles. The van der Waals surface area contributed by atoms with Crippen LogP contribution in [-0.2, 0) is 4.74 Å². The molecule has 0 radical (unpaired) electrons. The summed E-state index contributed by atoms with van der Waals surface area (Å²) in [6.45, 7) is 7.02. The van der Waals surface area contributed by atoms with Crippen LogP contribution in [0.5, 0.6) is 0 Å². The van der Waals surface area contributed by atoms with Gasteiger partial charge in [0.1, 0.15) is 0 Å². The molecule has 3 N–H and O–H groups in total. The first kappa shape index (κ1) is 13.6. The van der Waals surface area contributed by atoms with Gasteiger partial charge in [-0.25, -0.2) is 0 Å². The zero-order valence-corrected chi connectivity index (χ0v) is 10.5. The van der Waals surface area contributed by atoms with Gasteiger partial charge in [-0.1, -0.05) is 19.1 Å². The van der Waals surface area contributed by atoms with Crippen molar-refractivity contribution in [2.45, 2.75) is 25.5 Å². The van der Waals surface area contributed by atoms with Crippen molar-refractivity contribution in [3.63, 3.8) is 0 Å². The Balaban J connectivity index is 1.97. The normalized spacial score (nSPS) is 25.2. The van der Waals surface area contributed by atoms with Gasteiger partial charge >= 0.3 is 0 Å². The number of hydrogen-bond donors (Lipinski definition) is 2. The third kappa shape index (κ3) is 5.61. The van der Waals surface area contributed by atoms with Crippen molar-refractivity contribution in [3.05, 3.63) is 12.2 Å². The first-order valence-corrected chi connectivity index (χ1v) is 6.17. The Bertz CT molecular complexity index is 208. The molecule has 1 aliphatic heterocycles. The molecule has 0 saturated carbocycles. The minimum absolute atomic E-state index is 0.0782. The lowest BCUT2D eigenvalue weighted by Gasteiger charge is -2.21. The Morgan fingerprint density at radius 2 is 2.31 bits per heavy atom. The molecule has 4 heteroatoms. The quantitative estimate of drug-likeness (QED) is 0.482. The fourth-order valence-corrected chi connectivity index (χ4v) is 1.62. The molecule has 0 spiro atoms. The zero-order chi connectivity index (χ0) is 11.8. The summed E-state index contributed by atoms with van der Waals surface area (Å²) in [5, 5.41) is 3.41. The minimum atomic E-state index is 0.0782. The minimum Gasteiger partial charge on any atom is -0.371 e. The number of rotatable bonds is 7. The maximum atomic E-state index is 5.68. The fraction of sp³-hybridized carbons (Fsp3) is 0.833. The molecule has 16 heavy (non-hydrogen) atoms. The monoisotopic (exact) mass is 227 g/mol. The topological polar surface area (TPSA) is 50.5 Å². The third-order valence-electron chi connectivity index (χ3n) is 2.85. The number of ether oxygens (including phenoxy) is 1. The Hall–Kier alpha value is -0.420. The van der Waals surface area contributed by atoms with Crippen molar-refractivity contribution in [2.75, 3.05) is 39.8 Å². The van der Waals surface area contributed by atoms with Crippen molar-refractivity contribution in [2.24, 2.45) is 5.73 Å². The van der Waals surface area contributed by atoms with Crippen LogP contribution in [0.15, 0.2) is 12.2 Å². The molecule has 0 aromatic heterocycles. The van der Waals surface area contributed by atoms with Gasteiger partial charge in [0, 0.05) is 12.6 Å². The molecule has 0 aliphatic carbocycles. The third-order valence-corrected chi connectivity index (χ3v) is 2.85.